The van der Waals surface area contributed by atoms with Gasteiger partial charge in [0, 0.05) is 12.2 Å². The van der Waals surface area contributed by atoms with Crippen molar-refractivity contribution < 1.29 is 4.74 Å². The van der Waals surface area contributed by atoms with Gasteiger partial charge in [0.2, 0.25) is 0 Å². The summed E-state index contributed by atoms with van der Waals surface area (Å²) in [4.78, 5) is 4.26. The summed E-state index contributed by atoms with van der Waals surface area (Å²) in [6.07, 6.45) is 1.32. The van der Waals surface area contributed by atoms with Crippen molar-refractivity contribution in [3.8, 4) is 11.8 Å². The highest BCUT2D eigenvalue weighted by molar-refractivity contribution is 5.42. The molecule has 0 spiro atoms. The molecule has 1 heterocycles. The number of aromatic nitrogens is 1. The standard InChI is InChI=1S/C15H15N3O/c1-11(17)15(13-7-4-5-9-18-13)19-14-8-3-2-6-12(14)10-16/h2-9,11,15H,17H2,1H3. The van der Waals surface area contributed by atoms with E-state index in [-0.39, 0.29) is 12.1 Å². The van der Waals surface area contributed by atoms with E-state index in [4.69, 9.17) is 15.7 Å². The molecule has 0 fully saturated rings. The van der Waals surface area contributed by atoms with E-state index in [2.05, 4.69) is 11.1 Å². The van der Waals surface area contributed by atoms with Crippen molar-refractivity contribution in [2.24, 2.45) is 5.73 Å². The molecule has 0 aliphatic carbocycles. The first-order chi connectivity index (χ1) is 9.22. The van der Waals surface area contributed by atoms with Crippen molar-refractivity contribution in [3.05, 3.63) is 59.9 Å². The maximum absolute atomic E-state index is 9.06. The summed E-state index contributed by atoms with van der Waals surface area (Å²) in [6.45, 7) is 1.86. The minimum atomic E-state index is -0.379. The summed E-state index contributed by atoms with van der Waals surface area (Å²) < 4.78 is 5.87. The molecule has 2 aromatic rings. The number of nitriles is 1. The smallest absolute Gasteiger partial charge is 0.155 e. The number of rotatable bonds is 4. The fraction of sp³-hybridized carbons (Fsp3) is 0.200. The summed E-state index contributed by atoms with van der Waals surface area (Å²) >= 11 is 0. The Bertz CT molecular complexity index is 575. The van der Waals surface area contributed by atoms with Gasteiger partial charge in [0.15, 0.2) is 6.10 Å². The van der Waals surface area contributed by atoms with Gasteiger partial charge in [-0.1, -0.05) is 18.2 Å². The Balaban J connectivity index is 2.30. The van der Waals surface area contributed by atoms with Crippen LogP contribution in [-0.4, -0.2) is 11.0 Å². The van der Waals surface area contributed by atoms with E-state index in [9.17, 15) is 0 Å². The van der Waals surface area contributed by atoms with E-state index in [1.54, 1.807) is 24.4 Å². The average Bonchev–Trinajstić information content (AvgIpc) is 2.45. The highest BCUT2D eigenvalue weighted by atomic mass is 16.5. The Morgan fingerprint density at radius 3 is 2.58 bits per heavy atom. The molecule has 4 nitrogen and oxygen atoms in total. The van der Waals surface area contributed by atoms with Crippen LogP contribution in [0.3, 0.4) is 0 Å². The van der Waals surface area contributed by atoms with Crippen LogP contribution in [0.15, 0.2) is 48.7 Å². The Morgan fingerprint density at radius 1 is 1.21 bits per heavy atom. The summed E-state index contributed by atoms with van der Waals surface area (Å²) in [5.41, 5.74) is 7.20. The van der Waals surface area contributed by atoms with Crippen LogP contribution in [0.5, 0.6) is 5.75 Å². The molecule has 0 amide bonds. The Hall–Kier alpha value is -2.38. The van der Waals surface area contributed by atoms with Gasteiger partial charge in [0.1, 0.15) is 11.8 Å². The molecule has 96 valence electrons. The van der Waals surface area contributed by atoms with Crippen molar-refractivity contribution in [2.45, 2.75) is 19.1 Å². The molecule has 2 unspecified atom stereocenters. The first kappa shape index (κ1) is 13.1. The van der Waals surface area contributed by atoms with Crippen LogP contribution in [-0.2, 0) is 0 Å². The summed E-state index contributed by atoms with van der Waals surface area (Å²) in [5, 5.41) is 9.06. The lowest BCUT2D eigenvalue weighted by molar-refractivity contribution is 0.175. The zero-order valence-electron chi connectivity index (χ0n) is 10.7. The Kier molecular flexibility index (Phi) is 4.11. The van der Waals surface area contributed by atoms with Gasteiger partial charge < -0.3 is 10.5 Å². The van der Waals surface area contributed by atoms with Crippen LogP contribution in [0.2, 0.25) is 0 Å². The highest BCUT2D eigenvalue weighted by Crippen LogP contribution is 2.25. The molecule has 19 heavy (non-hydrogen) atoms. The number of hydrogen-bond acceptors (Lipinski definition) is 4. The fourth-order valence-corrected chi connectivity index (χ4v) is 1.78. The van der Waals surface area contributed by atoms with E-state index in [1.165, 1.54) is 0 Å². The molecular weight excluding hydrogens is 238 g/mol. The fourth-order valence-electron chi connectivity index (χ4n) is 1.78. The maximum Gasteiger partial charge on any atom is 0.155 e. The van der Waals surface area contributed by atoms with Crippen molar-refractivity contribution in [2.75, 3.05) is 0 Å². The number of nitrogens with two attached hydrogens (primary N) is 1. The largest absolute Gasteiger partial charge is 0.481 e. The topological polar surface area (TPSA) is 71.9 Å². The molecule has 0 saturated heterocycles. The lowest BCUT2D eigenvalue weighted by Gasteiger charge is -2.22. The number of ether oxygens (including phenoxy) is 1. The van der Waals surface area contributed by atoms with E-state index in [1.807, 2.05) is 31.2 Å². The average molecular weight is 253 g/mol. The molecule has 0 radical (unpaired) electrons. The zero-order valence-corrected chi connectivity index (χ0v) is 10.7. The molecule has 4 heteroatoms. The summed E-state index contributed by atoms with van der Waals surface area (Å²) in [5.74, 6) is 0.526. The monoisotopic (exact) mass is 253 g/mol. The second kappa shape index (κ2) is 5.98. The van der Waals surface area contributed by atoms with E-state index in [0.717, 1.165) is 5.69 Å². The maximum atomic E-state index is 9.06. The van der Waals surface area contributed by atoms with Gasteiger partial charge in [0.05, 0.1) is 11.3 Å². The SMILES string of the molecule is CC(N)C(Oc1ccccc1C#N)c1ccccn1. The van der Waals surface area contributed by atoms with Crippen molar-refractivity contribution in [3.63, 3.8) is 0 Å². The molecule has 0 aliphatic heterocycles. The van der Waals surface area contributed by atoms with Gasteiger partial charge in [-0.15, -0.1) is 0 Å². The van der Waals surface area contributed by atoms with Crippen LogP contribution >= 0.6 is 0 Å². The molecule has 0 bridgehead atoms. The van der Waals surface area contributed by atoms with Gasteiger partial charge in [0.25, 0.3) is 0 Å². The van der Waals surface area contributed by atoms with Gasteiger partial charge in [-0.2, -0.15) is 5.26 Å². The van der Waals surface area contributed by atoms with Crippen molar-refractivity contribution >= 4 is 0 Å². The molecule has 2 rings (SSSR count). The number of hydrogen-bond donors (Lipinski definition) is 1. The van der Waals surface area contributed by atoms with Crippen LogP contribution in [0.1, 0.15) is 24.3 Å². The Morgan fingerprint density at radius 2 is 1.95 bits per heavy atom. The third kappa shape index (κ3) is 3.09. The molecule has 1 aromatic heterocycles. The van der Waals surface area contributed by atoms with Gasteiger partial charge in [-0.25, -0.2) is 0 Å². The number of para-hydroxylation sites is 1. The minimum Gasteiger partial charge on any atom is -0.481 e. The molecule has 0 aliphatic rings. The predicted molar refractivity (Wildman–Crippen MR) is 72.4 cm³/mol. The van der Waals surface area contributed by atoms with Crippen LogP contribution < -0.4 is 10.5 Å². The summed E-state index contributed by atoms with van der Waals surface area (Å²) in [7, 11) is 0. The van der Waals surface area contributed by atoms with Gasteiger partial charge in [-0.05, 0) is 31.2 Å². The highest BCUT2D eigenvalue weighted by Gasteiger charge is 2.20. The van der Waals surface area contributed by atoms with Crippen LogP contribution in [0, 0.1) is 11.3 Å². The number of benzene rings is 1. The normalized spacial score (nSPS) is 13.3. The lowest BCUT2D eigenvalue weighted by Crippen LogP contribution is -2.29. The first-order valence-electron chi connectivity index (χ1n) is 6.04. The molecule has 1 aromatic carbocycles. The van der Waals surface area contributed by atoms with Crippen molar-refractivity contribution in [1.82, 2.24) is 4.98 Å². The third-order valence-electron chi connectivity index (χ3n) is 2.72. The predicted octanol–water partition coefficient (Wildman–Crippen LogP) is 2.42. The van der Waals surface area contributed by atoms with Crippen LogP contribution in [0.4, 0.5) is 0 Å². The summed E-state index contributed by atoms with van der Waals surface area (Å²) in [6, 6.07) is 14.6. The Labute approximate surface area is 112 Å². The van der Waals surface area contributed by atoms with E-state index >= 15 is 0 Å². The van der Waals surface area contributed by atoms with Gasteiger partial charge in [-0.3, -0.25) is 4.98 Å². The second-order valence-electron chi connectivity index (χ2n) is 4.26. The molecule has 2 N–H and O–H groups in total. The number of nitrogens with zero attached hydrogens (tertiary/aromatic N) is 2. The lowest BCUT2D eigenvalue weighted by atomic mass is 10.1. The zero-order chi connectivity index (χ0) is 13.7. The number of pyridine rings is 1. The molecule has 0 saturated carbocycles. The van der Waals surface area contributed by atoms with Crippen molar-refractivity contribution in [1.29, 1.82) is 5.26 Å². The minimum absolute atomic E-state index is 0.235. The molecule has 2 atom stereocenters. The first-order valence-corrected chi connectivity index (χ1v) is 6.04. The quantitative estimate of drug-likeness (QED) is 0.908. The second-order valence-corrected chi connectivity index (χ2v) is 4.26. The molecular formula is C15H15N3O. The van der Waals surface area contributed by atoms with Crippen LogP contribution in [0.25, 0.3) is 0 Å². The van der Waals surface area contributed by atoms with E-state index in [0.29, 0.717) is 11.3 Å². The van der Waals surface area contributed by atoms with Gasteiger partial charge >= 0.3 is 0 Å². The van der Waals surface area contributed by atoms with E-state index < -0.39 is 0 Å². The third-order valence-corrected chi connectivity index (χ3v) is 2.72.